The van der Waals surface area contributed by atoms with Gasteiger partial charge in [-0.1, -0.05) is 12.1 Å². The van der Waals surface area contributed by atoms with Gasteiger partial charge in [0.15, 0.2) is 5.65 Å². The number of nitrogens with zero attached hydrogens (tertiary/aromatic N) is 4. The Balaban J connectivity index is 1.68. The molecule has 0 spiro atoms. The van der Waals surface area contributed by atoms with Gasteiger partial charge >= 0.3 is 0 Å². The van der Waals surface area contributed by atoms with Crippen LogP contribution in [0.15, 0.2) is 55.1 Å². The van der Waals surface area contributed by atoms with Crippen LogP contribution in [-0.2, 0) is 6.42 Å². The molecule has 3 aromatic heterocycles. The highest BCUT2D eigenvalue weighted by atomic mass is 19.1. The molecule has 0 aliphatic carbocycles. The first-order chi connectivity index (χ1) is 14.0. The summed E-state index contributed by atoms with van der Waals surface area (Å²) in [5.74, 6) is -0.145. The van der Waals surface area contributed by atoms with Crippen molar-refractivity contribution < 1.29 is 9.50 Å². The summed E-state index contributed by atoms with van der Waals surface area (Å²) in [5.41, 5.74) is 4.73. The van der Waals surface area contributed by atoms with Crippen LogP contribution in [0.5, 0.6) is 5.75 Å². The van der Waals surface area contributed by atoms with Gasteiger partial charge < -0.3 is 15.0 Å². The van der Waals surface area contributed by atoms with Gasteiger partial charge in [0.25, 0.3) is 0 Å². The second-order valence-electron chi connectivity index (χ2n) is 7.21. The Morgan fingerprint density at radius 3 is 2.66 bits per heavy atom. The van der Waals surface area contributed by atoms with Gasteiger partial charge in [0.05, 0.1) is 23.9 Å². The fourth-order valence-electron chi connectivity index (χ4n) is 3.22. The fourth-order valence-corrected chi connectivity index (χ4v) is 3.22. The second-order valence-corrected chi connectivity index (χ2v) is 7.21. The predicted molar refractivity (Wildman–Crippen MR) is 111 cm³/mol. The zero-order valence-corrected chi connectivity index (χ0v) is 16.3. The molecular weight excluding hydrogens is 369 g/mol. The molecular formula is C22H22FN5O. The molecule has 7 heteroatoms. The van der Waals surface area contributed by atoms with Crippen LogP contribution in [0.4, 0.5) is 10.1 Å². The SMILES string of the molecule is CC(C)n1cnc2c(NCCc3ccc(O)cc3)cc(-c3cncc(F)c3)nc21. The largest absolute Gasteiger partial charge is 0.508 e. The molecule has 0 unspecified atom stereocenters. The fraction of sp³-hybridized carbons (Fsp3) is 0.227. The molecule has 148 valence electrons. The van der Waals surface area contributed by atoms with Crippen molar-refractivity contribution >= 4 is 16.9 Å². The smallest absolute Gasteiger partial charge is 0.162 e. The van der Waals surface area contributed by atoms with E-state index in [1.54, 1.807) is 24.7 Å². The molecule has 0 saturated carbocycles. The molecule has 0 saturated heterocycles. The summed E-state index contributed by atoms with van der Waals surface area (Å²) < 4.78 is 15.7. The maximum absolute atomic E-state index is 13.7. The summed E-state index contributed by atoms with van der Waals surface area (Å²) >= 11 is 0. The van der Waals surface area contributed by atoms with Crippen LogP contribution in [0.25, 0.3) is 22.4 Å². The lowest BCUT2D eigenvalue weighted by atomic mass is 10.1. The highest BCUT2D eigenvalue weighted by Crippen LogP contribution is 2.29. The van der Waals surface area contributed by atoms with Gasteiger partial charge in [-0.2, -0.15) is 0 Å². The first-order valence-electron chi connectivity index (χ1n) is 9.51. The number of hydrogen-bond donors (Lipinski definition) is 2. The molecule has 3 heterocycles. The van der Waals surface area contributed by atoms with Crippen molar-refractivity contribution in [2.45, 2.75) is 26.3 Å². The maximum Gasteiger partial charge on any atom is 0.162 e. The summed E-state index contributed by atoms with van der Waals surface area (Å²) in [6.45, 7) is 4.81. The van der Waals surface area contributed by atoms with Crippen molar-refractivity contribution in [2.75, 3.05) is 11.9 Å². The number of phenols is 1. The van der Waals surface area contributed by atoms with Crippen molar-refractivity contribution in [3.05, 3.63) is 66.5 Å². The lowest BCUT2D eigenvalue weighted by Gasteiger charge is -2.12. The number of pyridine rings is 2. The van der Waals surface area contributed by atoms with Gasteiger partial charge in [-0.05, 0) is 50.1 Å². The van der Waals surface area contributed by atoms with Crippen LogP contribution in [0.3, 0.4) is 0 Å². The molecule has 2 N–H and O–H groups in total. The van der Waals surface area contributed by atoms with E-state index >= 15 is 0 Å². The van der Waals surface area contributed by atoms with Gasteiger partial charge in [0.2, 0.25) is 0 Å². The Kier molecular flexibility index (Phi) is 5.12. The molecule has 29 heavy (non-hydrogen) atoms. The number of anilines is 1. The monoisotopic (exact) mass is 391 g/mol. The van der Waals surface area contributed by atoms with E-state index in [2.05, 4.69) is 29.1 Å². The van der Waals surface area contributed by atoms with Gasteiger partial charge in [0.1, 0.15) is 17.1 Å². The van der Waals surface area contributed by atoms with Crippen molar-refractivity contribution in [1.82, 2.24) is 19.5 Å². The Morgan fingerprint density at radius 2 is 1.93 bits per heavy atom. The van der Waals surface area contributed by atoms with Crippen molar-refractivity contribution in [3.63, 3.8) is 0 Å². The van der Waals surface area contributed by atoms with Gasteiger partial charge in [0, 0.05) is 24.3 Å². The number of aromatic hydroxyl groups is 1. The van der Waals surface area contributed by atoms with Crippen molar-refractivity contribution in [2.24, 2.45) is 0 Å². The maximum atomic E-state index is 13.7. The zero-order chi connectivity index (χ0) is 20.4. The van der Waals surface area contributed by atoms with Gasteiger partial charge in [-0.25, -0.2) is 14.4 Å². The summed E-state index contributed by atoms with van der Waals surface area (Å²) in [6.07, 6.45) is 5.34. The van der Waals surface area contributed by atoms with Crippen LogP contribution in [0, 0.1) is 5.82 Å². The van der Waals surface area contributed by atoms with Crippen LogP contribution >= 0.6 is 0 Å². The van der Waals surface area contributed by atoms with E-state index in [0.29, 0.717) is 17.8 Å². The molecule has 0 amide bonds. The predicted octanol–water partition coefficient (Wildman–Crippen LogP) is 4.57. The molecule has 0 fully saturated rings. The van der Waals surface area contributed by atoms with E-state index in [9.17, 15) is 9.50 Å². The summed E-state index contributed by atoms with van der Waals surface area (Å²) in [5, 5.41) is 12.9. The molecule has 1 aromatic carbocycles. The third kappa shape index (κ3) is 4.03. The normalized spacial score (nSPS) is 11.3. The molecule has 6 nitrogen and oxygen atoms in total. The Morgan fingerprint density at radius 1 is 1.14 bits per heavy atom. The van der Waals surface area contributed by atoms with E-state index in [0.717, 1.165) is 28.8 Å². The number of halogens is 1. The highest BCUT2D eigenvalue weighted by molar-refractivity contribution is 5.89. The minimum Gasteiger partial charge on any atom is -0.508 e. The lowest BCUT2D eigenvalue weighted by Crippen LogP contribution is -2.07. The average molecular weight is 391 g/mol. The molecule has 0 bridgehead atoms. The number of nitrogens with one attached hydrogen (secondary N) is 1. The lowest BCUT2D eigenvalue weighted by molar-refractivity contribution is 0.475. The van der Waals surface area contributed by atoms with E-state index in [4.69, 9.17) is 4.98 Å². The van der Waals surface area contributed by atoms with E-state index in [-0.39, 0.29) is 11.8 Å². The number of rotatable bonds is 6. The zero-order valence-electron chi connectivity index (χ0n) is 16.3. The van der Waals surface area contributed by atoms with Crippen LogP contribution in [0.2, 0.25) is 0 Å². The van der Waals surface area contributed by atoms with Crippen molar-refractivity contribution in [3.8, 4) is 17.0 Å². The first kappa shape index (κ1) is 18.9. The quantitative estimate of drug-likeness (QED) is 0.503. The number of hydrogen-bond acceptors (Lipinski definition) is 5. The first-order valence-corrected chi connectivity index (χ1v) is 9.51. The second kappa shape index (κ2) is 7.87. The summed E-state index contributed by atoms with van der Waals surface area (Å²) in [7, 11) is 0. The van der Waals surface area contributed by atoms with Crippen LogP contribution in [-0.4, -0.2) is 31.2 Å². The minimum absolute atomic E-state index is 0.193. The number of fused-ring (bicyclic) bond motifs is 1. The molecule has 4 rings (SSSR count). The Labute approximate surface area is 168 Å². The van der Waals surface area contributed by atoms with Crippen molar-refractivity contribution in [1.29, 1.82) is 0 Å². The molecule has 4 aromatic rings. The Hall–Kier alpha value is -3.48. The number of aromatic nitrogens is 4. The van der Waals surface area contributed by atoms with E-state index in [1.807, 2.05) is 22.8 Å². The average Bonchev–Trinajstić information content (AvgIpc) is 3.14. The number of benzene rings is 1. The van der Waals surface area contributed by atoms with Gasteiger partial charge in [-0.15, -0.1) is 0 Å². The topological polar surface area (TPSA) is 75.9 Å². The van der Waals surface area contributed by atoms with E-state index in [1.165, 1.54) is 12.3 Å². The number of phenolic OH excluding ortho intramolecular Hbond substituents is 1. The third-order valence-corrected chi connectivity index (χ3v) is 4.75. The molecule has 0 aliphatic heterocycles. The summed E-state index contributed by atoms with van der Waals surface area (Å²) in [4.78, 5) is 13.2. The molecule has 0 atom stereocenters. The van der Waals surface area contributed by atoms with Crippen LogP contribution < -0.4 is 5.32 Å². The number of imidazole rings is 1. The Bertz CT molecular complexity index is 1140. The molecule has 0 aliphatic rings. The molecule has 0 radical (unpaired) electrons. The van der Waals surface area contributed by atoms with Crippen LogP contribution in [0.1, 0.15) is 25.5 Å². The highest BCUT2D eigenvalue weighted by Gasteiger charge is 2.14. The minimum atomic E-state index is -0.399. The van der Waals surface area contributed by atoms with Gasteiger partial charge in [-0.3, -0.25) is 4.98 Å². The third-order valence-electron chi connectivity index (χ3n) is 4.75. The van der Waals surface area contributed by atoms with E-state index < -0.39 is 5.82 Å². The summed E-state index contributed by atoms with van der Waals surface area (Å²) in [6, 6.07) is 10.7. The standard InChI is InChI=1S/C22H22FN5O/c1-14(2)28-13-26-21-20(25-8-7-15-3-5-18(29)6-4-15)10-19(27-22(21)28)16-9-17(23)12-24-11-16/h3-6,9-14,29H,7-8H2,1-2H3,(H,25,27).